The zero-order valence-corrected chi connectivity index (χ0v) is 42.9. The van der Waals surface area contributed by atoms with E-state index in [1.807, 2.05) is 171 Å². The number of benzene rings is 5. The fourth-order valence-electron chi connectivity index (χ4n) is 10.6. The van der Waals surface area contributed by atoms with Gasteiger partial charge in [-0.1, -0.05) is 48.5 Å². The van der Waals surface area contributed by atoms with Gasteiger partial charge in [0.05, 0.1) is 63.8 Å². The second-order valence-corrected chi connectivity index (χ2v) is 21.3. The number of carbonyl (C=O) groups is 4. The summed E-state index contributed by atoms with van der Waals surface area (Å²) in [6.07, 6.45) is 7.20. The summed E-state index contributed by atoms with van der Waals surface area (Å²) in [5.74, 6) is 2.28. The first-order valence-electron chi connectivity index (χ1n) is 24.1. The minimum absolute atomic E-state index is 0.00922. The standard InChI is InChI=1S/C33H32N4O3.C26H26N4O2/c1-20-34-17-23(18-35-20)22-9-13-27-29(15-22)37(31(39)33(27,4)5)24-10-14-26-28(16-24)36(30(38)32(26,2)3)19-21-7-11-25(40-6)12-8-21;1-15-27-13-17(14-28-15)16-7-9-20-22(11-16)30(24(32)26(20,4)5)18-8-10-19-21(12-18)29(6)23(31)25(19,2)3/h7-18H,19H2,1-6H3;7-14H,1-6H3. The van der Waals surface area contributed by atoms with Crippen LogP contribution in [-0.4, -0.2) is 57.7 Å². The number of fused-ring (bicyclic) bond motifs is 4. The van der Waals surface area contributed by atoms with Gasteiger partial charge in [0.15, 0.2) is 0 Å². The zero-order valence-electron chi connectivity index (χ0n) is 42.9. The van der Waals surface area contributed by atoms with E-state index < -0.39 is 21.7 Å². The Kier molecular flexibility index (Phi) is 11.1. The van der Waals surface area contributed by atoms with Crippen LogP contribution in [0.15, 0.2) is 122 Å². The molecule has 13 nitrogen and oxygen atoms in total. The molecule has 0 atom stereocenters. The SMILES string of the molecule is COc1ccc(CN2C(=O)C(C)(C)c3ccc(N4C(=O)C(C)(C)c5ccc(-c6cnc(C)nc6)cc54)cc32)cc1.Cc1ncc(-c2ccc3c(c2)N(c2ccc4c(c2)N(C)C(=O)C4(C)C)C(=O)C3(C)C)cn1. The predicted octanol–water partition coefficient (Wildman–Crippen LogP) is 10.9. The maximum absolute atomic E-state index is 13.9. The van der Waals surface area contributed by atoms with Crippen molar-refractivity contribution >= 4 is 57.8 Å². The van der Waals surface area contributed by atoms with Crippen molar-refractivity contribution in [3.8, 4) is 28.0 Å². The Morgan fingerprint density at radius 2 is 0.833 bits per heavy atom. The molecule has 0 saturated heterocycles. The predicted molar refractivity (Wildman–Crippen MR) is 281 cm³/mol. The summed E-state index contributed by atoms with van der Waals surface area (Å²) in [5, 5.41) is 0. The van der Waals surface area contributed by atoms with Crippen LogP contribution in [0.25, 0.3) is 22.3 Å². The van der Waals surface area contributed by atoms with E-state index in [4.69, 9.17) is 4.74 Å². The third-order valence-electron chi connectivity index (χ3n) is 15.1. The Balaban J connectivity index is 0.000000170. The van der Waals surface area contributed by atoms with Crippen molar-refractivity contribution in [3.63, 3.8) is 0 Å². The van der Waals surface area contributed by atoms with Crippen molar-refractivity contribution in [2.75, 3.05) is 33.8 Å². The number of likely N-dealkylation sites (N-methyl/N-ethyl adjacent to an activating group) is 1. The molecule has 0 radical (unpaired) electrons. The maximum atomic E-state index is 13.9. The third-order valence-corrected chi connectivity index (χ3v) is 15.1. The molecule has 5 aromatic carbocycles. The molecule has 11 rings (SSSR count). The summed E-state index contributed by atoms with van der Waals surface area (Å²) in [6.45, 7) is 19.7. The summed E-state index contributed by atoms with van der Waals surface area (Å²) >= 11 is 0. The van der Waals surface area contributed by atoms with Crippen molar-refractivity contribution in [1.82, 2.24) is 19.9 Å². The molecule has 0 bridgehead atoms. The van der Waals surface area contributed by atoms with Crippen LogP contribution in [0.3, 0.4) is 0 Å². The van der Waals surface area contributed by atoms with Crippen LogP contribution in [0.2, 0.25) is 0 Å². The van der Waals surface area contributed by atoms with Gasteiger partial charge in [0.2, 0.25) is 23.6 Å². The van der Waals surface area contributed by atoms with Gasteiger partial charge in [-0.25, -0.2) is 19.9 Å². The van der Waals surface area contributed by atoms with Crippen LogP contribution in [0.4, 0.5) is 34.1 Å². The van der Waals surface area contributed by atoms with Gasteiger partial charge in [0, 0.05) is 48.6 Å². The lowest BCUT2D eigenvalue weighted by Crippen LogP contribution is -2.35. The number of nitrogens with zero attached hydrogens (tertiary/aromatic N) is 8. The number of ether oxygens (including phenoxy) is 1. The highest BCUT2D eigenvalue weighted by molar-refractivity contribution is 6.16. The van der Waals surface area contributed by atoms with Crippen LogP contribution in [0.1, 0.15) is 94.9 Å². The third kappa shape index (κ3) is 7.43. The summed E-state index contributed by atoms with van der Waals surface area (Å²) in [6, 6.07) is 31.7. The van der Waals surface area contributed by atoms with Crippen molar-refractivity contribution in [2.45, 2.75) is 97.4 Å². The van der Waals surface area contributed by atoms with Gasteiger partial charge >= 0.3 is 0 Å². The van der Waals surface area contributed by atoms with Gasteiger partial charge in [-0.05, 0) is 157 Å². The molecule has 7 aromatic rings. The highest BCUT2D eigenvalue weighted by Crippen LogP contribution is 2.52. The molecule has 0 fully saturated rings. The molecule has 0 N–H and O–H groups in total. The first-order chi connectivity index (χ1) is 34.0. The quantitative estimate of drug-likeness (QED) is 0.153. The Labute approximate surface area is 420 Å². The van der Waals surface area contributed by atoms with Crippen LogP contribution >= 0.6 is 0 Å². The summed E-state index contributed by atoms with van der Waals surface area (Å²) in [5.41, 5.74) is 10.8. The smallest absolute Gasteiger partial charge is 0.241 e. The number of methoxy groups -OCH3 is 1. The second kappa shape index (κ2) is 16.8. The molecule has 4 amide bonds. The summed E-state index contributed by atoms with van der Waals surface area (Å²) in [7, 11) is 3.43. The number of hydrogen-bond acceptors (Lipinski definition) is 9. The molecule has 4 aliphatic rings. The average molecular weight is 959 g/mol. The molecule has 72 heavy (non-hydrogen) atoms. The fourth-order valence-corrected chi connectivity index (χ4v) is 10.6. The van der Waals surface area contributed by atoms with Gasteiger partial charge in [-0.3, -0.25) is 29.0 Å². The number of aromatic nitrogens is 4. The number of anilines is 6. The van der Waals surface area contributed by atoms with Gasteiger partial charge in [0.25, 0.3) is 0 Å². The topological polar surface area (TPSA) is 142 Å². The first kappa shape index (κ1) is 47.6. The van der Waals surface area contributed by atoms with E-state index in [9.17, 15) is 19.2 Å². The van der Waals surface area contributed by atoms with Crippen LogP contribution < -0.4 is 24.3 Å². The molecule has 2 aromatic heterocycles. The Morgan fingerprint density at radius 1 is 0.444 bits per heavy atom. The number of rotatable bonds is 7. The lowest BCUT2D eigenvalue weighted by Gasteiger charge is -2.23. The number of amides is 4. The number of carbonyl (C=O) groups excluding carboxylic acids is 4. The van der Waals surface area contributed by atoms with E-state index in [-0.39, 0.29) is 23.6 Å². The van der Waals surface area contributed by atoms with E-state index in [1.54, 1.807) is 53.6 Å². The minimum atomic E-state index is -0.700. The van der Waals surface area contributed by atoms with Crippen LogP contribution in [0.5, 0.6) is 5.75 Å². The van der Waals surface area contributed by atoms with E-state index >= 15 is 0 Å². The van der Waals surface area contributed by atoms with Crippen molar-refractivity contribution in [2.24, 2.45) is 0 Å². The molecule has 6 heterocycles. The Hall–Kier alpha value is -8.06. The van der Waals surface area contributed by atoms with Gasteiger partial charge in [0.1, 0.15) is 17.4 Å². The van der Waals surface area contributed by atoms with Crippen LogP contribution in [0, 0.1) is 13.8 Å². The second-order valence-electron chi connectivity index (χ2n) is 21.3. The zero-order chi connectivity index (χ0) is 51.4. The lowest BCUT2D eigenvalue weighted by atomic mass is 9.85. The van der Waals surface area contributed by atoms with E-state index in [0.29, 0.717) is 18.2 Å². The average Bonchev–Trinajstić information content (AvgIpc) is 3.85. The van der Waals surface area contributed by atoms with E-state index in [0.717, 1.165) is 89.9 Å². The molecule has 0 unspecified atom stereocenters. The molecule has 0 spiro atoms. The molecular weight excluding hydrogens is 901 g/mol. The van der Waals surface area contributed by atoms with E-state index in [2.05, 4.69) is 19.9 Å². The maximum Gasteiger partial charge on any atom is 0.241 e. The lowest BCUT2D eigenvalue weighted by molar-refractivity contribution is -0.122. The first-order valence-corrected chi connectivity index (χ1v) is 24.1. The Morgan fingerprint density at radius 3 is 1.29 bits per heavy atom. The highest BCUT2D eigenvalue weighted by atomic mass is 16.5. The number of hydrogen-bond donors (Lipinski definition) is 0. The normalized spacial score (nSPS) is 17.4. The molecule has 4 aliphatic heterocycles. The summed E-state index contributed by atoms with van der Waals surface area (Å²) < 4.78 is 5.29. The van der Waals surface area contributed by atoms with E-state index in [1.165, 1.54) is 0 Å². The summed E-state index contributed by atoms with van der Waals surface area (Å²) in [4.78, 5) is 78.3. The van der Waals surface area contributed by atoms with Crippen molar-refractivity contribution < 1.29 is 23.9 Å². The van der Waals surface area contributed by atoms with Crippen LogP contribution in [-0.2, 0) is 47.4 Å². The Bertz CT molecular complexity index is 3400. The van der Waals surface area contributed by atoms with Gasteiger partial charge < -0.3 is 14.5 Å². The molecule has 0 saturated carbocycles. The van der Waals surface area contributed by atoms with Crippen molar-refractivity contribution in [3.05, 3.63) is 161 Å². The van der Waals surface area contributed by atoms with Gasteiger partial charge in [-0.2, -0.15) is 0 Å². The molecule has 13 heteroatoms. The monoisotopic (exact) mass is 958 g/mol. The molecular formula is C59H58N8O5. The largest absolute Gasteiger partial charge is 0.497 e. The molecule has 364 valence electrons. The van der Waals surface area contributed by atoms with Crippen molar-refractivity contribution in [1.29, 1.82) is 0 Å². The molecule has 0 aliphatic carbocycles. The van der Waals surface area contributed by atoms with Gasteiger partial charge in [-0.15, -0.1) is 0 Å². The minimum Gasteiger partial charge on any atom is -0.497 e. The fraction of sp³-hybridized carbons (Fsp3) is 0.288. The highest BCUT2D eigenvalue weighted by Gasteiger charge is 2.49. The number of aryl methyl sites for hydroxylation is 2.